The number of nitrogens with zero attached hydrogens (tertiary/aromatic N) is 3. The van der Waals surface area contributed by atoms with Crippen LogP contribution in [-0.4, -0.2) is 44.0 Å². The number of hydrogen-bond donors (Lipinski definition) is 1. The van der Waals surface area contributed by atoms with Crippen molar-refractivity contribution in [2.75, 3.05) is 6.61 Å². The van der Waals surface area contributed by atoms with E-state index in [-0.39, 0.29) is 17.8 Å². The molecule has 1 aromatic heterocycles. The summed E-state index contributed by atoms with van der Waals surface area (Å²) in [7, 11) is 0. The molecule has 9 heteroatoms. The van der Waals surface area contributed by atoms with Crippen molar-refractivity contribution in [1.29, 1.82) is 0 Å². The van der Waals surface area contributed by atoms with Crippen LogP contribution in [0.1, 0.15) is 37.5 Å². The third-order valence-corrected chi connectivity index (χ3v) is 4.96. The number of aromatic nitrogens is 3. The van der Waals surface area contributed by atoms with Crippen molar-refractivity contribution in [3.05, 3.63) is 5.82 Å². The van der Waals surface area contributed by atoms with E-state index in [9.17, 15) is 18.3 Å². The molecule has 2 aliphatic rings. The van der Waals surface area contributed by atoms with E-state index in [0.29, 0.717) is 37.0 Å². The summed E-state index contributed by atoms with van der Waals surface area (Å²) in [5.41, 5.74) is 0. The minimum atomic E-state index is -4.36. The Morgan fingerprint density at radius 3 is 2.62 bits per heavy atom. The van der Waals surface area contributed by atoms with Crippen LogP contribution in [-0.2, 0) is 11.3 Å². The zero-order valence-corrected chi connectivity index (χ0v) is 12.0. The molecule has 21 heavy (non-hydrogen) atoms. The van der Waals surface area contributed by atoms with Gasteiger partial charge in [-0.3, -0.25) is 0 Å². The highest BCUT2D eigenvalue weighted by atomic mass is 32.2. The van der Waals surface area contributed by atoms with Crippen LogP contribution in [0, 0.1) is 0 Å². The average molecular weight is 323 g/mol. The lowest BCUT2D eigenvalue weighted by Crippen LogP contribution is -2.37. The van der Waals surface area contributed by atoms with Gasteiger partial charge >= 0.3 is 6.18 Å². The number of halogens is 3. The number of thioether (sulfide) groups is 1. The fourth-order valence-corrected chi connectivity index (χ4v) is 3.69. The van der Waals surface area contributed by atoms with Gasteiger partial charge < -0.3 is 14.4 Å². The standard InChI is InChI=1S/C12H16F3N3O2S/c13-12(14,15)10(8-2-1-5-20-8)21-11-17-16-9(6-19)18(11)7-3-4-7/h7-8,10,19H,1-6H2. The molecule has 1 aromatic rings. The third kappa shape index (κ3) is 3.19. The molecular formula is C12H16F3N3O2S. The summed E-state index contributed by atoms with van der Waals surface area (Å²) in [6, 6.07) is 0.114. The summed E-state index contributed by atoms with van der Waals surface area (Å²) in [6.07, 6.45) is -2.38. The second-order valence-electron chi connectivity index (χ2n) is 5.29. The summed E-state index contributed by atoms with van der Waals surface area (Å²) in [5.74, 6) is 0.327. The van der Waals surface area contributed by atoms with Crippen molar-refractivity contribution < 1.29 is 23.0 Å². The van der Waals surface area contributed by atoms with Crippen LogP contribution in [0.5, 0.6) is 0 Å². The van der Waals surface area contributed by atoms with Crippen molar-refractivity contribution in [2.24, 2.45) is 0 Å². The zero-order chi connectivity index (χ0) is 15.0. The number of rotatable bonds is 5. The van der Waals surface area contributed by atoms with Gasteiger partial charge in [0.25, 0.3) is 0 Å². The molecule has 2 heterocycles. The van der Waals surface area contributed by atoms with Crippen LogP contribution in [0.3, 0.4) is 0 Å². The Bertz CT molecular complexity index is 498. The smallest absolute Gasteiger partial charge is 0.388 e. The van der Waals surface area contributed by atoms with Crippen LogP contribution >= 0.6 is 11.8 Å². The molecule has 0 aromatic carbocycles. The highest BCUT2D eigenvalue weighted by Gasteiger charge is 2.48. The first kappa shape index (κ1) is 15.1. The molecule has 1 saturated heterocycles. The summed E-state index contributed by atoms with van der Waals surface area (Å²) >= 11 is 0.652. The molecule has 1 saturated carbocycles. The molecule has 5 nitrogen and oxygen atoms in total. The fourth-order valence-electron chi connectivity index (χ4n) is 2.50. The van der Waals surface area contributed by atoms with Gasteiger partial charge in [0.05, 0.1) is 6.10 Å². The average Bonchev–Trinajstić information content (AvgIpc) is 2.98. The van der Waals surface area contributed by atoms with Gasteiger partial charge in [-0.2, -0.15) is 13.2 Å². The molecule has 1 aliphatic heterocycles. The maximum Gasteiger partial charge on any atom is 0.403 e. The summed E-state index contributed by atoms with van der Waals surface area (Å²) in [6.45, 7) is 0.0513. The Morgan fingerprint density at radius 1 is 1.33 bits per heavy atom. The minimum absolute atomic E-state index is 0.114. The van der Waals surface area contributed by atoms with Crippen LogP contribution in [0.2, 0.25) is 0 Å². The summed E-state index contributed by atoms with van der Waals surface area (Å²) < 4.78 is 46.7. The van der Waals surface area contributed by atoms with Gasteiger partial charge in [0.2, 0.25) is 0 Å². The molecule has 2 fully saturated rings. The second-order valence-corrected chi connectivity index (χ2v) is 6.40. The predicted molar refractivity (Wildman–Crippen MR) is 68.9 cm³/mol. The predicted octanol–water partition coefficient (Wildman–Crippen LogP) is 2.31. The van der Waals surface area contributed by atoms with Crippen molar-refractivity contribution in [2.45, 2.75) is 61.0 Å². The number of aliphatic hydroxyl groups excluding tert-OH is 1. The highest BCUT2D eigenvalue weighted by Crippen LogP contribution is 2.44. The molecular weight excluding hydrogens is 307 g/mol. The molecule has 0 amide bonds. The van der Waals surface area contributed by atoms with Gasteiger partial charge in [-0.15, -0.1) is 10.2 Å². The maximum absolute atomic E-state index is 13.3. The largest absolute Gasteiger partial charge is 0.403 e. The van der Waals surface area contributed by atoms with E-state index in [4.69, 9.17) is 4.74 Å². The summed E-state index contributed by atoms with van der Waals surface area (Å²) in [4.78, 5) is 0. The Kier molecular flexibility index (Phi) is 4.15. The Labute approximate surface area is 123 Å². The lowest BCUT2D eigenvalue weighted by Gasteiger charge is -2.24. The molecule has 2 atom stereocenters. The molecule has 1 aliphatic carbocycles. The van der Waals surface area contributed by atoms with E-state index in [0.717, 1.165) is 12.8 Å². The van der Waals surface area contributed by atoms with E-state index in [2.05, 4.69) is 10.2 Å². The number of hydrogen-bond acceptors (Lipinski definition) is 5. The van der Waals surface area contributed by atoms with Gasteiger partial charge in [0, 0.05) is 12.6 Å². The van der Waals surface area contributed by atoms with Crippen LogP contribution in [0.4, 0.5) is 13.2 Å². The lowest BCUT2D eigenvalue weighted by molar-refractivity contribution is -0.148. The van der Waals surface area contributed by atoms with Crippen molar-refractivity contribution in [3.63, 3.8) is 0 Å². The first-order valence-corrected chi connectivity index (χ1v) is 7.78. The molecule has 118 valence electrons. The third-order valence-electron chi connectivity index (χ3n) is 3.65. The molecule has 1 N–H and O–H groups in total. The van der Waals surface area contributed by atoms with Gasteiger partial charge in [-0.25, -0.2) is 0 Å². The van der Waals surface area contributed by atoms with Crippen molar-refractivity contribution in [3.8, 4) is 0 Å². The zero-order valence-electron chi connectivity index (χ0n) is 11.2. The van der Waals surface area contributed by atoms with E-state index < -0.39 is 17.5 Å². The SMILES string of the molecule is OCc1nnc(SC(C2CCCO2)C(F)(F)F)n1C1CC1. The monoisotopic (exact) mass is 323 g/mol. The maximum atomic E-state index is 13.3. The first-order valence-electron chi connectivity index (χ1n) is 6.90. The number of alkyl halides is 3. The molecule has 0 bridgehead atoms. The van der Waals surface area contributed by atoms with Crippen LogP contribution < -0.4 is 0 Å². The summed E-state index contributed by atoms with van der Waals surface area (Å²) in [5, 5.41) is 15.4. The molecule has 2 unspecified atom stereocenters. The highest BCUT2D eigenvalue weighted by molar-refractivity contribution is 7.99. The minimum Gasteiger partial charge on any atom is -0.388 e. The quantitative estimate of drug-likeness (QED) is 0.843. The lowest BCUT2D eigenvalue weighted by atomic mass is 10.2. The van der Waals surface area contributed by atoms with E-state index in [1.807, 2.05) is 0 Å². The van der Waals surface area contributed by atoms with Crippen LogP contribution in [0.25, 0.3) is 0 Å². The Hall–Kier alpha value is -0.800. The van der Waals surface area contributed by atoms with Crippen LogP contribution in [0.15, 0.2) is 5.16 Å². The van der Waals surface area contributed by atoms with Gasteiger partial charge in [-0.05, 0) is 25.7 Å². The van der Waals surface area contributed by atoms with Crippen molar-refractivity contribution >= 4 is 11.8 Å². The van der Waals surface area contributed by atoms with Gasteiger partial charge in [-0.1, -0.05) is 11.8 Å². The van der Waals surface area contributed by atoms with Crippen molar-refractivity contribution in [1.82, 2.24) is 14.8 Å². The molecule has 0 spiro atoms. The first-order chi connectivity index (χ1) is 10.0. The van der Waals surface area contributed by atoms with Gasteiger partial charge in [0.1, 0.15) is 11.9 Å². The van der Waals surface area contributed by atoms with E-state index in [1.54, 1.807) is 4.57 Å². The van der Waals surface area contributed by atoms with E-state index in [1.165, 1.54) is 0 Å². The van der Waals surface area contributed by atoms with Gasteiger partial charge in [0.15, 0.2) is 11.0 Å². The van der Waals surface area contributed by atoms with E-state index >= 15 is 0 Å². The molecule has 3 rings (SSSR count). The Balaban J connectivity index is 1.84. The Morgan fingerprint density at radius 2 is 2.10 bits per heavy atom. The second kappa shape index (κ2) is 5.77. The fraction of sp³-hybridized carbons (Fsp3) is 0.833. The normalized spacial score (nSPS) is 24.5. The number of ether oxygens (including phenoxy) is 1. The number of aliphatic hydroxyl groups is 1. The topological polar surface area (TPSA) is 60.2 Å². The molecule has 0 radical (unpaired) electrons.